The Balaban J connectivity index is 0.00000507. The van der Waals surface area contributed by atoms with Crippen molar-refractivity contribution < 1.29 is 164 Å². The zero-order chi connectivity index (χ0) is 26.5. The fraction of sp³-hybridized carbons (Fsp3) is 0.409. The van der Waals surface area contributed by atoms with Crippen LogP contribution in [-0.2, 0) is 11.2 Å². The second-order valence-corrected chi connectivity index (χ2v) is 7.96. The molecule has 0 fully saturated rings. The van der Waals surface area contributed by atoms with Crippen molar-refractivity contribution >= 4 is 41.1 Å². The summed E-state index contributed by atoms with van der Waals surface area (Å²) in [4.78, 5) is 38.1. The number of hydrogen-bond acceptors (Lipinski definition) is 15. The fourth-order valence-corrected chi connectivity index (χ4v) is 2.85. The van der Waals surface area contributed by atoms with Crippen LogP contribution in [-0.4, -0.2) is 94.8 Å². The third-order valence-corrected chi connectivity index (χ3v) is 4.58. The largest absolute Gasteiger partial charge is 1.00 e. The number of nitrogens with zero attached hydrogens (tertiary/aromatic N) is 7. The normalized spacial score (nSPS) is 10.0. The van der Waals surface area contributed by atoms with Crippen molar-refractivity contribution in [2.45, 2.75) is 6.42 Å². The molecule has 40 heavy (non-hydrogen) atoms. The molecule has 1 aromatic carbocycles. The van der Waals surface area contributed by atoms with Gasteiger partial charge in [-0.1, -0.05) is 11.4 Å². The summed E-state index contributed by atoms with van der Waals surface area (Å²) in [6, 6.07) is 8.38. The Kier molecular flexibility index (Phi) is 23.5. The smallest absolute Gasteiger partial charge is 0.548 e. The predicted octanol–water partition coefficient (Wildman–Crippen LogP) is -10.4. The number of anilines is 6. The molecule has 15 nitrogen and oxygen atoms in total. The Morgan fingerprint density at radius 3 is 2.30 bits per heavy atom. The van der Waals surface area contributed by atoms with Crippen LogP contribution >= 0.6 is 0 Å². The van der Waals surface area contributed by atoms with Gasteiger partial charge < -0.3 is 61.7 Å². The zero-order valence-corrected chi connectivity index (χ0v) is 33.3. The van der Waals surface area contributed by atoms with Crippen LogP contribution in [0, 0.1) is 12.4 Å². The van der Waals surface area contributed by atoms with Crippen LogP contribution < -0.4 is 191 Å². The molecular weight excluding hydrogens is 596 g/mol. The topological polar surface area (TPSA) is 193 Å². The number of aromatic nitrogens is 6. The van der Waals surface area contributed by atoms with Crippen LogP contribution in [0.1, 0.15) is 5.82 Å². The van der Waals surface area contributed by atoms with E-state index in [1.165, 1.54) is 0 Å². The summed E-state index contributed by atoms with van der Waals surface area (Å²) in [5.41, 5.74) is 1.29. The van der Waals surface area contributed by atoms with Crippen molar-refractivity contribution in [3.63, 3.8) is 0 Å². The van der Waals surface area contributed by atoms with Crippen LogP contribution in [0.15, 0.2) is 18.2 Å². The van der Waals surface area contributed by atoms with Crippen molar-refractivity contribution in [3.8, 4) is 0 Å². The third-order valence-electron chi connectivity index (χ3n) is 4.58. The van der Waals surface area contributed by atoms with Gasteiger partial charge in [-0.2, -0.15) is 27.1 Å². The second kappa shape index (κ2) is 23.1. The summed E-state index contributed by atoms with van der Waals surface area (Å²) in [6.07, 6.45) is 3.25. The molecule has 0 aliphatic heterocycles. The molecule has 0 atom stereocenters. The van der Waals surface area contributed by atoms with E-state index < -0.39 is 12.5 Å². The maximum absolute atomic E-state index is 10.8. The van der Waals surface area contributed by atoms with E-state index in [-0.39, 0.29) is 166 Å². The van der Waals surface area contributed by atoms with Crippen molar-refractivity contribution in [2.24, 2.45) is 0 Å². The first-order valence-electron chi connectivity index (χ1n) is 11.5. The van der Waals surface area contributed by atoms with Gasteiger partial charge in [0.25, 0.3) is 0 Å². The van der Waals surface area contributed by atoms with Crippen LogP contribution in [0.2, 0.25) is 0 Å². The number of carboxylic acid groups (broad SMARTS) is 1. The summed E-state index contributed by atoms with van der Waals surface area (Å²) in [5, 5.41) is 28.9. The number of carbonyl (C=O) groups is 1. The van der Waals surface area contributed by atoms with Gasteiger partial charge in [-0.05, 0) is 34.1 Å². The Labute approximate surface area is 361 Å². The van der Waals surface area contributed by atoms with E-state index in [0.29, 0.717) is 48.7 Å². The molecule has 0 aliphatic carbocycles. The van der Waals surface area contributed by atoms with Gasteiger partial charge in [0.05, 0.1) is 12.5 Å². The van der Waals surface area contributed by atoms with Crippen LogP contribution in [0.5, 0.6) is 0 Å². The molecule has 3 rings (SSSR count). The van der Waals surface area contributed by atoms with E-state index >= 15 is 0 Å². The molecule has 0 spiro atoms. The summed E-state index contributed by atoms with van der Waals surface area (Å²) >= 11 is 0. The molecular formula is C22H30K3N13O2. The predicted molar refractivity (Wildman–Crippen MR) is 137 cm³/mol. The average Bonchev–Trinajstić information content (AvgIpc) is 2.87. The van der Waals surface area contributed by atoms with E-state index in [4.69, 9.17) is 0 Å². The summed E-state index contributed by atoms with van der Waals surface area (Å²) in [7, 11) is 5.77. The molecule has 2 aromatic heterocycles. The molecule has 0 unspecified atom stereocenters. The van der Waals surface area contributed by atoms with Gasteiger partial charge >= 0.3 is 154 Å². The number of carbonyl (C=O) groups excluding carboxylic acids is 1. The van der Waals surface area contributed by atoms with E-state index in [1.54, 1.807) is 18.2 Å². The Morgan fingerprint density at radius 2 is 1.65 bits per heavy atom. The van der Waals surface area contributed by atoms with Gasteiger partial charge in [-0.3, -0.25) is 0 Å². The maximum atomic E-state index is 10.8. The van der Waals surface area contributed by atoms with Gasteiger partial charge in [-0.25, -0.2) is 0 Å². The number of nitrogens with one attached hydrogen (secondary N) is 6. The van der Waals surface area contributed by atoms with E-state index in [0.717, 1.165) is 13.1 Å². The van der Waals surface area contributed by atoms with Crippen LogP contribution in [0.4, 0.5) is 35.2 Å². The van der Waals surface area contributed by atoms with Crippen molar-refractivity contribution in [1.82, 2.24) is 45.4 Å². The monoisotopic (exact) mass is 625 g/mol. The number of carboxylic acids is 1. The van der Waals surface area contributed by atoms with Gasteiger partial charge in [0, 0.05) is 31.9 Å². The maximum Gasteiger partial charge on any atom is 1.00 e. The molecule has 0 radical (unpaired) electrons. The number of rotatable bonds is 16. The number of benzene rings is 1. The van der Waals surface area contributed by atoms with Gasteiger partial charge in [0.2, 0.25) is 17.8 Å². The summed E-state index contributed by atoms with van der Waals surface area (Å²) in [5.74, 6) is 0.325. The molecule has 0 amide bonds. The minimum Gasteiger partial charge on any atom is -0.548 e. The van der Waals surface area contributed by atoms with Crippen molar-refractivity contribution in [3.05, 3.63) is 36.4 Å². The van der Waals surface area contributed by atoms with E-state index in [1.807, 2.05) is 26.0 Å². The van der Waals surface area contributed by atoms with E-state index in [9.17, 15) is 9.90 Å². The van der Waals surface area contributed by atoms with Crippen molar-refractivity contribution in [1.29, 1.82) is 0 Å². The molecule has 0 saturated carbocycles. The average molecular weight is 626 g/mol. The first-order chi connectivity index (χ1) is 17.9. The van der Waals surface area contributed by atoms with Crippen molar-refractivity contribution in [2.75, 3.05) is 75.3 Å². The summed E-state index contributed by atoms with van der Waals surface area (Å²) < 4.78 is 0. The quantitative estimate of drug-likeness (QED) is 0.0380. The molecule has 198 valence electrons. The minimum atomic E-state index is -1.27. The van der Waals surface area contributed by atoms with Crippen LogP contribution in [0.3, 0.4) is 0 Å². The number of aliphatic carboxylic acids is 1. The SMILES string of the molecule is CNCNCCc1n[c-]nc(Nc2[c-]cc(Nc3nc(NCCN(C)C)nc(NCC(=O)[O-])n3)cc2)n1.[K+].[K+].[K+]. The van der Waals surface area contributed by atoms with Gasteiger partial charge in [0.1, 0.15) is 5.95 Å². The molecule has 0 aliphatic rings. The minimum absolute atomic E-state index is 0. The molecule has 0 saturated heterocycles. The molecule has 3 aromatic rings. The first-order valence-corrected chi connectivity index (χ1v) is 11.5. The summed E-state index contributed by atoms with van der Waals surface area (Å²) in [6.45, 7) is 2.34. The number of hydrogen-bond donors (Lipinski definition) is 6. The van der Waals surface area contributed by atoms with Gasteiger partial charge in [-0.15, -0.1) is 12.1 Å². The molecule has 6 N–H and O–H groups in total. The standard InChI is InChI=1S/C22H31N13O2.3K/c1-23-13-24-9-8-17-27-14-28-21(31-17)29-15-4-6-16(7-5-15)30-22-33-19(25-10-11-35(2)3)32-20(34-22)26-12-18(36)37;;;/h4,6-7,23-24H,8-13H2,1-3H3,(H,36,37)(H,27,28,29,31)(H3,25,26,30,32,33,34);;;/q-2;3*+1/p-1. The Morgan fingerprint density at radius 1 is 0.925 bits per heavy atom. The number of likely N-dealkylation sites (N-methyl/N-ethyl adjacent to an activating group) is 1. The van der Waals surface area contributed by atoms with E-state index in [2.05, 4.69) is 74.2 Å². The first kappa shape index (κ1) is 40.7. The van der Waals surface area contributed by atoms with Crippen LogP contribution in [0.25, 0.3) is 0 Å². The molecule has 18 heteroatoms. The second-order valence-electron chi connectivity index (χ2n) is 7.96. The Hall–Kier alpha value is 0.699. The third kappa shape index (κ3) is 16.5. The Bertz CT molecular complexity index is 1140. The molecule has 0 bridgehead atoms. The zero-order valence-electron chi connectivity index (χ0n) is 23.9. The fourth-order valence-electron chi connectivity index (χ4n) is 2.85. The van der Waals surface area contributed by atoms with Gasteiger partial charge in [0.15, 0.2) is 0 Å². The molecule has 2 heterocycles.